The molecule has 1 atom stereocenters. The summed E-state index contributed by atoms with van der Waals surface area (Å²) in [6.07, 6.45) is 2.17. The maximum Gasteiger partial charge on any atom is 0.272 e. The van der Waals surface area contributed by atoms with Crippen LogP contribution in [0.5, 0.6) is 5.75 Å². The van der Waals surface area contributed by atoms with Crippen molar-refractivity contribution >= 4 is 75.1 Å². The van der Waals surface area contributed by atoms with Gasteiger partial charge in [-0.3, -0.25) is 9.11 Å². The number of hydrogen-bond donors (Lipinski definition) is 2. The SMILES string of the molecule is O=S(=O)(O)CCCN1C(=Cc2nc3c4ccccc4ccc3[s+]2CCCS(=O)(=O)O)Oc2ccc(Cl)cc21. The molecule has 1 aliphatic rings. The largest absolute Gasteiger partial charge is 0.438 e. The first-order valence-corrected chi connectivity index (χ1v) is 16.7. The van der Waals surface area contributed by atoms with E-state index in [-0.39, 0.29) is 25.1 Å². The highest BCUT2D eigenvalue weighted by molar-refractivity contribution is 7.86. The number of rotatable bonds is 9. The van der Waals surface area contributed by atoms with Gasteiger partial charge in [-0.15, -0.1) is 0 Å². The minimum Gasteiger partial charge on any atom is -0.438 e. The molecule has 9 nitrogen and oxygen atoms in total. The van der Waals surface area contributed by atoms with Crippen LogP contribution in [0, 0.1) is 0 Å². The molecule has 1 aromatic heterocycles. The molecule has 0 spiro atoms. The summed E-state index contributed by atoms with van der Waals surface area (Å²) >= 11 is 6.22. The average Bonchev–Trinajstić information content (AvgIpc) is 3.35. The third-order valence-electron chi connectivity index (χ3n) is 6.08. The van der Waals surface area contributed by atoms with Crippen LogP contribution in [0.3, 0.4) is 0 Å². The van der Waals surface area contributed by atoms with Gasteiger partial charge in [0.1, 0.15) is 11.3 Å². The van der Waals surface area contributed by atoms with E-state index in [2.05, 4.69) is 0 Å². The number of hydrogen-bond acceptors (Lipinski definition) is 7. The molecular weight excluding hydrogens is 572 g/mol. The van der Waals surface area contributed by atoms with Crippen LogP contribution in [0.4, 0.5) is 5.69 Å². The van der Waals surface area contributed by atoms with Crippen LogP contribution in [-0.4, -0.2) is 49.0 Å². The Hall–Kier alpha value is -2.74. The molecule has 0 fully saturated rings. The fourth-order valence-electron chi connectivity index (χ4n) is 4.45. The zero-order valence-corrected chi connectivity index (χ0v) is 23.2. The van der Waals surface area contributed by atoms with Gasteiger partial charge in [0.15, 0.2) is 5.75 Å². The van der Waals surface area contributed by atoms with Crippen molar-refractivity contribution in [2.45, 2.75) is 18.6 Å². The highest BCUT2D eigenvalue weighted by atomic mass is 35.5. The van der Waals surface area contributed by atoms with Crippen molar-refractivity contribution in [3.63, 3.8) is 0 Å². The van der Waals surface area contributed by atoms with Crippen molar-refractivity contribution in [2.75, 3.05) is 23.0 Å². The first kappa shape index (κ1) is 26.9. The summed E-state index contributed by atoms with van der Waals surface area (Å²) in [5.74, 6) is 0.646. The molecule has 0 saturated heterocycles. The van der Waals surface area contributed by atoms with Crippen molar-refractivity contribution < 1.29 is 30.7 Å². The van der Waals surface area contributed by atoms with E-state index in [0.29, 0.717) is 33.1 Å². The second kappa shape index (κ2) is 10.4. The molecule has 0 amide bonds. The molecule has 0 aliphatic carbocycles. The molecule has 2 N–H and O–H groups in total. The number of halogens is 1. The summed E-state index contributed by atoms with van der Waals surface area (Å²) < 4.78 is 70.9. The Morgan fingerprint density at radius 2 is 1.71 bits per heavy atom. The molecule has 5 rings (SSSR count). The normalized spacial score (nSPS) is 15.4. The summed E-state index contributed by atoms with van der Waals surface area (Å²) in [6, 6.07) is 17.0. The van der Waals surface area contributed by atoms with Crippen LogP contribution in [0.15, 0.2) is 60.5 Å². The van der Waals surface area contributed by atoms with Gasteiger partial charge in [-0.2, -0.15) is 21.8 Å². The van der Waals surface area contributed by atoms with Crippen LogP contribution >= 0.6 is 22.1 Å². The van der Waals surface area contributed by atoms with Crippen molar-refractivity contribution in [2.24, 2.45) is 0 Å². The number of ether oxygens (including phenoxy) is 1. The molecule has 38 heavy (non-hydrogen) atoms. The monoisotopic (exact) mass is 595 g/mol. The van der Waals surface area contributed by atoms with Gasteiger partial charge in [-0.25, -0.2) is 0 Å². The smallest absolute Gasteiger partial charge is 0.272 e. The standard InChI is InChI=1S/C25H23ClN2O7S3/c26-18-8-9-21-20(15-18)28(11-3-13-37(29,30)31)24(35-21)16-23-27-25-19-6-2-1-5-17(19)7-10-22(25)36(23)12-4-14-38(32,33)34/h1-2,5-10,15-16H,3-4,11-14H2,(H-,29,30,31,32,33,34)/p+1. The van der Waals surface area contributed by atoms with Gasteiger partial charge in [0.2, 0.25) is 10.6 Å². The number of fused-ring (bicyclic) bond motifs is 4. The Morgan fingerprint density at radius 3 is 2.47 bits per heavy atom. The highest BCUT2D eigenvalue weighted by Crippen LogP contribution is 2.44. The fraction of sp³-hybridized carbons (Fsp3) is 0.240. The van der Waals surface area contributed by atoms with Gasteiger partial charge in [0.25, 0.3) is 25.2 Å². The average molecular weight is 596 g/mol. The third-order valence-corrected chi connectivity index (χ3v) is 10.2. The van der Waals surface area contributed by atoms with Gasteiger partial charge >= 0.3 is 0 Å². The summed E-state index contributed by atoms with van der Waals surface area (Å²) in [7, 11) is -8.84. The predicted octanol–water partition coefficient (Wildman–Crippen LogP) is 5.54. The van der Waals surface area contributed by atoms with Crippen molar-refractivity contribution in [1.29, 1.82) is 0 Å². The zero-order valence-electron chi connectivity index (χ0n) is 19.9. The number of aryl methyl sites for hydroxylation is 1. The highest BCUT2D eigenvalue weighted by Gasteiger charge is 2.30. The lowest BCUT2D eigenvalue weighted by molar-refractivity contribution is 0.442. The second-order valence-electron chi connectivity index (χ2n) is 8.81. The molecule has 0 bridgehead atoms. The maximum absolute atomic E-state index is 11.4. The molecule has 13 heteroatoms. The summed E-state index contributed by atoms with van der Waals surface area (Å²) in [5, 5.41) is 3.16. The number of benzene rings is 3. The van der Waals surface area contributed by atoms with E-state index >= 15 is 0 Å². The molecular formula is C25H24ClN2O7S3+. The number of thiazole rings is 1. The topological polar surface area (TPSA) is 134 Å². The first-order valence-electron chi connectivity index (χ1n) is 11.7. The van der Waals surface area contributed by atoms with Crippen LogP contribution in [0.25, 0.3) is 27.1 Å². The van der Waals surface area contributed by atoms with Crippen molar-refractivity contribution in [3.8, 4) is 5.75 Å². The quantitative estimate of drug-likeness (QED) is 0.189. The lowest BCUT2D eigenvalue weighted by Gasteiger charge is -2.17. The lowest BCUT2D eigenvalue weighted by atomic mass is 10.1. The van der Waals surface area contributed by atoms with Gasteiger partial charge in [-0.05, 0) is 36.1 Å². The molecule has 0 saturated carbocycles. The van der Waals surface area contributed by atoms with Crippen molar-refractivity contribution in [1.82, 2.24) is 4.98 Å². The van der Waals surface area contributed by atoms with Crippen LogP contribution in [0.2, 0.25) is 5.02 Å². The van der Waals surface area contributed by atoms with Gasteiger partial charge < -0.3 is 9.64 Å². The molecule has 3 aromatic carbocycles. The molecule has 200 valence electrons. The molecule has 1 unspecified atom stereocenters. The van der Waals surface area contributed by atoms with Crippen molar-refractivity contribution in [3.05, 3.63) is 70.5 Å². The molecule has 2 heterocycles. The van der Waals surface area contributed by atoms with E-state index in [1.165, 1.54) is 0 Å². The summed E-state index contributed by atoms with van der Waals surface area (Å²) in [6.45, 7) is 0.235. The molecule has 0 radical (unpaired) electrons. The molecule has 4 aromatic rings. The van der Waals surface area contributed by atoms with E-state index in [9.17, 15) is 25.9 Å². The number of aromatic nitrogens is 1. The van der Waals surface area contributed by atoms with E-state index in [1.54, 1.807) is 29.2 Å². The van der Waals surface area contributed by atoms with Crippen LogP contribution in [-0.2, 0) is 26.0 Å². The summed E-state index contributed by atoms with van der Waals surface area (Å²) in [4.78, 5) is 6.73. The Balaban J connectivity index is 1.59. The lowest BCUT2D eigenvalue weighted by Crippen LogP contribution is -2.23. The van der Waals surface area contributed by atoms with Gasteiger partial charge in [-0.1, -0.05) is 35.9 Å². The minimum absolute atomic E-state index is 0.142. The number of nitrogens with zero attached hydrogens (tertiary/aromatic N) is 2. The predicted molar refractivity (Wildman–Crippen MR) is 151 cm³/mol. The number of anilines is 1. The Labute approximate surface area is 227 Å². The third kappa shape index (κ3) is 5.95. The Morgan fingerprint density at radius 1 is 0.974 bits per heavy atom. The van der Waals surface area contributed by atoms with Crippen LogP contribution in [0.1, 0.15) is 17.8 Å². The van der Waals surface area contributed by atoms with Gasteiger partial charge in [0.05, 0.1) is 23.3 Å². The van der Waals surface area contributed by atoms with E-state index in [0.717, 1.165) is 21.0 Å². The van der Waals surface area contributed by atoms with Crippen LogP contribution < -0.4 is 9.64 Å². The second-order valence-corrected chi connectivity index (χ2v) is 14.4. The Bertz CT molecular complexity index is 1780. The van der Waals surface area contributed by atoms with E-state index in [4.69, 9.17) is 21.3 Å². The zero-order chi connectivity index (χ0) is 27.1. The molecule has 1 aliphatic heterocycles. The Kier molecular flexibility index (Phi) is 7.37. The fourth-order valence-corrected chi connectivity index (χ4v) is 7.96. The maximum atomic E-state index is 11.4. The first-order chi connectivity index (χ1) is 18.0. The van der Waals surface area contributed by atoms with E-state index in [1.807, 2.05) is 36.4 Å². The summed E-state index contributed by atoms with van der Waals surface area (Å²) in [5.41, 5.74) is 1.47. The van der Waals surface area contributed by atoms with Gasteiger partial charge in [0, 0.05) is 39.9 Å². The van der Waals surface area contributed by atoms with E-state index < -0.39 is 36.5 Å². The minimum atomic E-state index is -4.13.